The SMILES string of the molecule is CC(C)(C)c1ccc(N(c2ccc3c(c2)-c2ccccc2C3(C)C)c2ccc3ccccc3c2-c2ccc(-c3cccc4c3sc3ccccc34)cc2)cc1. The van der Waals surface area contributed by atoms with Crippen LogP contribution in [0.1, 0.15) is 51.3 Å². The Labute approximate surface area is 328 Å². The van der Waals surface area contributed by atoms with Gasteiger partial charge in [0.15, 0.2) is 0 Å². The van der Waals surface area contributed by atoms with Gasteiger partial charge in [0.05, 0.1) is 5.69 Å². The lowest BCUT2D eigenvalue weighted by atomic mass is 9.82. The summed E-state index contributed by atoms with van der Waals surface area (Å²) < 4.78 is 2.67. The summed E-state index contributed by atoms with van der Waals surface area (Å²) in [6.45, 7) is 11.6. The second-order valence-electron chi connectivity index (χ2n) is 16.6. The van der Waals surface area contributed by atoms with Crippen LogP contribution in [0.15, 0.2) is 170 Å². The van der Waals surface area contributed by atoms with Crippen LogP contribution in [0.2, 0.25) is 0 Å². The minimum Gasteiger partial charge on any atom is -0.310 e. The molecule has 0 unspecified atom stereocenters. The van der Waals surface area contributed by atoms with E-state index < -0.39 is 0 Å². The summed E-state index contributed by atoms with van der Waals surface area (Å²) >= 11 is 1.89. The molecule has 0 saturated carbocycles. The van der Waals surface area contributed by atoms with Crippen molar-refractivity contribution in [1.82, 2.24) is 0 Å². The van der Waals surface area contributed by atoms with Crippen LogP contribution in [0, 0.1) is 0 Å². The molecule has 55 heavy (non-hydrogen) atoms. The zero-order valence-corrected chi connectivity index (χ0v) is 32.8. The molecule has 0 amide bonds. The van der Waals surface area contributed by atoms with E-state index in [1.165, 1.54) is 81.0 Å². The summed E-state index contributed by atoms with van der Waals surface area (Å²) in [4.78, 5) is 2.48. The number of anilines is 3. The van der Waals surface area contributed by atoms with Crippen LogP contribution in [0.25, 0.3) is 64.3 Å². The topological polar surface area (TPSA) is 3.24 Å². The first-order valence-corrected chi connectivity index (χ1v) is 20.2. The molecule has 266 valence electrons. The Bertz CT molecular complexity index is 2920. The monoisotopic (exact) mass is 725 g/mol. The number of rotatable bonds is 5. The summed E-state index contributed by atoms with van der Waals surface area (Å²) in [6, 6.07) is 63.5. The Kier molecular flexibility index (Phi) is 7.67. The molecule has 0 bridgehead atoms. The fourth-order valence-electron chi connectivity index (χ4n) is 8.93. The van der Waals surface area contributed by atoms with Gasteiger partial charge in [-0.2, -0.15) is 0 Å². The van der Waals surface area contributed by atoms with Crippen LogP contribution >= 0.6 is 11.3 Å². The van der Waals surface area contributed by atoms with Gasteiger partial charge in [0.25, 0.3) is 0 Å². The first kappa shape index (κ1) is 33.6. The summed E-state index contributed by atoms with van der Waals surface area (Å²) in [5, 5.41) is 5.12. The summed E-state index contributed by atoms with van der Waals surface area (Å²) in [6.07, 6.45) is 0. The molecule has 0 N–H and O–H groups in total. The maximum atomic E-state index is 2.48. The molecule has 1 aliphatic carbocycles. The van der Waals surface area contributed by atoms with Crippen molar-refractivity contribution in [2.45, 2.75) is 45.4 Å². The predicted molar refractivity (Wildman–Crippen MR) is 239 cm³/mol. The van der Waals surface area contributed by atoms with Crippen LogP contribution in [0.5, 0.6) is 0 Å². The third kappa shape index (κ3) is 5.42. The largest absolute Gasteiger partial charge is 0.310 e. The van der Waals surface area contributed by atoms with Crippen molar-refractivity contribution in [1.29, 1.82) is 0 Å². The fourth-order valence-corrected chi connectivity index (χ4v) is 10.2. The van der Waals surface area contributed by atoms with Gasteiger partial charge in [0.2, 0.25) is 0 Å². The van der Waals surface area contributed by atoms with Gasteiger partial charge in [0, 0.05) is 42.5 Å². The molecule has 0 spiro atoms. The lowest BCUT2D eigenvalue weighted by Crippen LogP contribution is -2.16. The van der Waals surface area contributed by atoms with E-state index in [0.29, 0.717) is 0 Å². The molecule has 8 aromatic carbocycles. The van der Waals surface area contributed by atoms with Crippen molar-refractivity contribution in [2.24, 2.45) is 0 Å². The molecule has 0 saturated heterocycles. The molecule has 2 heteroatoms. The minimum atomic E-state index is -0.0559. The number of fused-ring (bicyclic) bond motifs is 7. The normalized spacial score (nSPS) is 13.3. The van der Waals surface area contributed by atoms with Crippen molar-refractivity contribution < 1.29 is 0 Å². The maximum Gasteiger partial charge on any atom is 0.0546 e. The zero-order valence-electron chi connectivity index (χ0n) is 32.0. The Morgan fingerprint density at radius 3 is 1.93 bits per heavy atom. The van der Waals surface area contributed by atoms with E-state index >= 15 is 0 Å². The van der Waals surface area contributed by atoms with Gasteiger partial charge in [-0.1, -0.05) is 168 Å². The van der Waals surface area contributed by atoms with Crippen molar-refractivity contribution >= 4 is 59.3 Å². The van der Waals surface area contributed by atoms with Crippen molar-refractivity contribution in [2.75, 3.05) is 4.90 Å². The highest BCUT2D eigenvalue weighted by atomic mass is 32.1. The van der Waals surface area contributed by atoms with Gasteiger partial charge in [0.1, 0.15) is 0 Å². The van der Waals surface area contributed by atoms with E-state index in [2.05, 4.69) is 209 Å². The first-order chi connectivity index (χ1) is 26.7. The van der Waals surface area contributed by atoms with Gasteiger partial charge in [-0.05, 0) is 97.1 Å². The van der Waals surface area contributed by atoms with E-state index in [4.69, 9.17) is 0 Å². The molecule has 0 radical (unpaired) electrons. The maximum absolute atomic E-state index is 2.48. The van der Waals surface area contributed by atoms with E-state index in [1.54, 1.807) is 0 Å². The molecule has 0 fully saturated rings. The van der Waals surface area contributed by atoms with Crippen molar-refractivity contribution in [3.63, 3.8) is 0 Å². The molecule has 0 atom stereocenters. The van der Waals surface area contributed by atoms with Gasteiger partial charge < -0.3 is 4.90 Å². The smallest absolute Gasteiger partial charge is 0.0546 e. The molecule has 10 rings (SSSR count). The number of benzene rings is 8. The predicted octanol–water partition coefficient (Wildman–Crippen LogP) is 15.6. The molecule has 0 aliphatic heterocycles. The van der Waals surface area contributed by atoms with Gasteiger partial charge in [-0.3, -0.25) is 0 Å². The Morgan fingerprint density at radius 1 is 0.491 bits per heavy atom. The van der Waals surface area contributed by atoms with E-state index in [1.807, 2.05) is 11.3 Å². The Balaban J connectivity index is 1.17. The van der Waals surface area contributed by atoms with Crippen LogP contribution in [-0.4, -0.2) is 0 Å². The average molecular weight is 726 g/mol. The lowest BCUT2D eigenvalue weighted by Gasteiger charge is -2.30. The second-order valence-corrected chi connectivity index (χ2v) is 17.6. The summed E-state index contributed by atoms with van der Waals surface area (Å²) in [5.74, 6) is 0. The summed E-state index contributed by atoms with van der Waals surface area (Å²) in [7, 11) is 0. The molecule has 1 nitrogen and oxygen atoms in total. The molecule has 1 heterocycles. The molecule has 1 aromatic heterocycles. The fraction of sp³-hybridized carbons (Fsp3) is 0.132. The quantitative estimate of drug-likeness (QED) is 0.171. The van der Waals surface area contributed by atoms with Crippen molar-refractivity contribution in [3.8, 4) is 33.4 Å². The van der Waals surface area contributed by atoms with E-state index in [9.17, 15) is 0 Å². The third-order valence-electron chi connectivity index (χ3n) is 11.9. The highest BCUT2D eigenvalue weighted by Crippen LogP contribution is 2.52. The Morgan fingerprint density at radius 2 is 1.13 bits per heavy atom. The van der Waals surface area contributed by atoms with Gasteiger partial charge in [-0.15, -0.1) is 11.3 Å². The minimum absolute atomic E-state index is 0.0559. The van der Waals surface area contributed by atoms with E-state index in [0.717, 1.165) is 17.1 Å². The highest BCUT2D eigenvalue weighted by molar-refractivity contribution is 7.26. The van der Waals surface area contributed by atoms with Crippen LogP contribution in [0.4, 0.5) is 17.1 Å². The third-order valence-corrected chi connectivity index (χ3v) is 13.1. The highest BCUT2D eigenvalue weighted by Gasteiger charge is 2.35. The van der Waals surface area contributed by atoms with Crippen molar-refractivity contribution in [3.05, 3.63) is 187 Å². The number of hydrogen-bond donors (Lipinski definition) is 0. The van der Waals surface area contributed by atoms with Gasteiger partial charge >= 0.3 is 0 Å². The standard InChI is InChI=1S/C53H43NS/c1-52(2,3)37-26-28-38(29-27-37)54(39-30-31-47-45(33-39)42-15-8-10-19-46(42)53(47,4)5)48-32-25-34-13-6-7-14-40(34)50(48)36-23-21-35(22-24-36)41-17-12-18-44-43-16-9-11-20-49(43)55-51(41)44/h6-33H,1-5H3. The van der Waals surface area contributed by atoms with Gasteiger partial charge in [-0.25, -0.2) is 0 Å². The van der Waals surface area contributed by atoms with Crippen LogP contribution in [0.3, 0.4) is 0 Å². The second kappa shape index (κ2) is 12.5. The Hall–Kier alpha value is -5.96. The molecule has 9 aromatic rings. The zero-order chi connectivity index (χ0) is 37.5. The summed E-state index contributed by atoms with van der Waals surface area (Å²) in [5.41, 5.74) is 15.1. The lowest BCUT2D eigenvalue weighted by molar-refractivity contribution is 0.590. The van der Waals surface area contributed by atoms with Crippen LogP contribution < -0.4 is 4.90 Å². The number of hydrogen-bond acceptors (Lipinski definition) is 2. The van der Waals surface area contributed by atoms with Crippen LogP contribution in [-0.2, 0) is 10.8 Å². The first-order valence-electron chi connectivity index (χ1n) is 19.3. The number of nitrogens with zero attached hydrogens (tertiary/aromatic N) is 1. The molecular formula is C53H43NS. The average Bonchev–Trinajstić information content (AvgIpc) is 3.70. The molecule has 1 aliphatic rings. The van der Waals surface area contributed by atoms with E-state index in [-0.39, 0.29) is 10.8 Å². The molecular weight excluding hydrogens is 683 g/mol. The number of thiophene rings is 1.